The van der Waals surface area contributed by atoms with Gasteiger partial charge in [-0.1, -0.05) is 13.8 Å². The number of hydrogen-bond donors (Lipinski definition) is 3. The van der Waals surface area contributed by atoms with Gasteiger partial charge in [0, 0.05) is 12.2 Å². The van der Waals surface area contributed by atoms with E-state index < -0.39 is 11.9 Å². The van der Waals surface area contributed by atoms with E-state index in [0.29, 0.717) is 29.8 Å². The summed E-state index contributed by atoms with van der Waals surface area (Å²) in [4.78, 5) is 38.4. The molecular formula is C15H23N3O4. The van der Waals surface area contributed by atoms with E-state index in [4.69, 9.17) is 4.74 Å². The van der Waals surface area contributed by atoms with Crippen molar-refractivity contribution in [3.05, 3.63) is 22.5 Å². The van der Waals surface area contributed by atoms with Crippen molar-refractivity contribution >= 4 is 17.8 Å². The highest BCUT2D eigenvalue weighted by Crippen LogP contribution is 2.20. The molecule has 122 valence electrons. The summed E-state index contributed by atoms with van der Waals surface area (Å²) in [6.07, 6.45) is 1.40. The number of amides is 2. The molecule has 3 N–H and O–H groups in total. The average molecular weight is 309 g/mol. The van der Waals surface area contributed by atoms with E-state index in [2.05, 4.69) is 15.6 Å². The minimum Gasteiger partial charge on any atom is -0.465 e. The van der Waals surface area contributed by atoms with Crippen molar-refractivity contribution in [3.63, 3.8) is 0 Å². The van der Waals surface area contributed by atoms with E-state index in [0.717, 1.165) is 6.42 Å². The van der Waals surface area contributed by atoms with Gasteiger partial charge in [0.1, 0.15) is 5.69 Å². The zero-order chi connectivity index (χ0) is 16.7. The van der Waals surface area contributed by atoms with Gasteiger partial charge >= 0.3 is 5.97 Å². The zero-order valence-corrected chi connectivity index (χ0v) is 13.5. The summed E-state index contributed by atoms with van der Waals surface area (Å²) in [7, 11) is 1.30. The van der Waals surface area contributed by atoms with E-state index in [9.17, 15) is 14.4 Å². The standard InChI is InChI=1S/C15H23N3O4/c1-5-7-16-11(19)8-17-14(20)13-9(3)12(15(21)22-4)10(6-2)18-13/h18H,5-8H2,1-4H3,(H,16,19)(H,17,20). The second-order valence-electron chi connectivity index (χ2n) is 4.86. The molecule has 0 aliphatic carbocycles. The highest BCUT2D eigenvalue weighted by atomic mass is 16.5. The van der Waals surface area contributed by atoms with Crippen molar-refractivity contribution < 1.29 is 19.1 Å². The monoisotopic (exact) mass is 309 g/mol. The van der Waals surface area contributed by atoms with Gasteiger partial charge in [0.15, 0.2) is 0 Å². The normalized spacial score (nSPS) is 10.2. The second kappa shape index (κ2) is 8.21. The average Bonchev–Trinajstić information content (AvgIpc) is 2.86. The number of ether oxygens (including phenoxy) is 1. The van der Waals surface area contributed by atoms with E-state index in [1.165, 1.54) is 7.11 Å². The molecule has 0 atom stereocenters. The highest BCUT2D eigenvalue weighted by molar-refractivity contribution is 6.01. The minimum absolute atomic E-state index is 0.105. The molecule has 22 heavy (non-hydrogen) atoms. The summed E-state index contributed by atoms with van der Waals surface area (Å²) in [6, 6.07) is 0. The number of esters is 1. The maximum atomic E-state index is 12.2. The molecule has 0 aromatic carbocycles. The molecule has 0 spiro atoms. The summed E-state index contributed by atoms with van der Waals surface area (Å²) >= 11 is 0. The largest absolute Gasteiger partial charge is 0.465 e. The van der Waals surface area contributed by atoms with Crippen molar-refractivity contribution in [2.45, 2.75) is 33.6 Å². The lowest BCUT2D eigenvalue weighted by molar-refractivity contribution is -0.120. The summed E-state index contributed by atoms with van der Waals surface area (Å²) in [5.41, 5.74) is 1.83. The van der Waals surface area contributed by atoms with Crippen molar-refractivity contribution in [2.24, 2.45) is 0 Å². The van der Waals surface area contributed by atoms with Crippen LogP contribution in [0.15, 0.2) is 0 Å². The number of aromatic amines is 1. The Kier molecular flexibility index (Phi) is 6.62. The molecule has 1 aromatic rings. The van der Waals surface area contributed by atoms with E-state index >= 15 is 0 Å². The number of methoxy groups -OCH3 is 1. The molecule has 7 nitrogen and oxygen atoms in total. The predicted octanol–water partition coefficient (Wildman–Crippen LogP) is 0.928. The lowest BCUT2D eigenvalue weighted by Crippen LogP contribution is -2.37. The van der Waals surface area contributed by atoms with Crippen molar-refractivity contribution in [2.75, 3.05) is 20.2 Å². The van der Waals surface area contributed by atoms with Crippen LogP contribution in [0.2, 0.25) is 0 Å². The van der Waals surface area contributed by atoms with Gasteiger partial charge < -0.3 is 20.4 Å². The molecule has 1 rings (SSSR count). The highest BCUT2D eigenvalue weighted by Gasteiger charge is 2.23. The number of carbonyl (C=O) groups is 3. The molecule has 0 saturated heterocycles. The zero-order valence-electron chi connectivity index (χ0n) is 13.5. The number of H-pyrrole nitrogens is 1. The number of carbonyl (C=O) groups excluding carboxylic acids is 3. The van der Waals surface area contributed by atoms with E-state index in [1.54, 1.807) is 6.92 Å². The van der Waals surface area contributed by atoms with Crippen LogP contribution in [0, 0.1) is 6.92 Å². The maximum absolute atomic E-state index is 12.2. The summed E-state index contributed by atoms with van der Waals surface area (Å²) in [6.45, 7) is 5.96. The molecule has 2 amide bonds. The topological polar surface area (TPSA) is 100 Å². The van der Waals surface area contributed by atoms with Crippen LogP contribution >= 0.6 is 0 Å². The third-order valence-corrected chi connectivity index (χ3v) is 3.28. The first-order valence-electron chi connectivity index (χ1n) is 7.30. The van der Waals surface area contributed by atoms with Gasteiger partial charge in [-0.15, -0.1) is 0 Å². The van der Waals surface area contributed by atoms with Crippen LogP contribution in [0.5, 0.6) is 0 Å². The number of hydrogen-bond acceptors (Lipinski definition) is 4. The van der Waals surface area contributed by atoms with E-state index in [1.807, 2.05) is 13.8 Å². The molecule has 0 radical (unpaired) electrons. The first kappa shape index (κ1) is 17.7. The molecule has 0 unspecified atom stereocenters. The minimum atomic E-state index is -0.481. The molecule has 0 aliphatic rings. The maximum Gasteiger partial charge on any atom is 0.339 e. The smallest absolute Gasteiger partial charge is 0.339 e. The number of rotatable bonds is 7. The lowest BCUT2D eigenvalue weighted by Gasteiger charge is -2.06. The number of nitrogens with one attached hydrogen (secondary N) is 3. The third-order valence-electron chi connectivity index (χ3n) is 3.28. The summed E-state index contributed by atoms with van der Waals surface area (Å²) in [5.74, 6) is -1.15. The predicted molar refractivity (Wildman–Crippen MR) is 81.9 cm³/mol. The van der Waals surface area contributed by atoms with Gasteiger partial charge in [-0.05, 0) is 25.3 Å². The fourth-order valence-corrected chi connectivity index (χ4v) is 2.10. The molecule has 0 fully saturated rings. The first-order chi connectivity index (χ1) is 10.5. The Hall–Kier alpha value is -2.31. The summed E-state index contributed by atoms with van der Waals surface area (Å²) < 4.78 is 4.74. The summed E-state index contributed by atoms with van der Waals surface area (Å²) in [5, 5.41) is 5.21. The van der Waals surface area contributed by atoms with Crippen molar-refractivity contribution in [3.8, 4) is 0 Å². The Balaban J connectivity index is 2.84. The molecular weight excluding hydrogens is 286 g/mol. The van der Waals surface area contributed by atoms with Crippen LogP contribution in [-0.2, 0) is 16.0 Å². The van der Waals surface area contributed by atoms with E-state index in [-0.39, 0.29) is 18.1 Å². The quantitative estimate of drug-likeness (QED) is 0.652. The van der Waals surface area contributed by atoms with Gasteiger partial charge in [-0.2, -0.15) is 0 Å². The fourth-order valence-electron chi connectivity index (χ4n) is 2.10. The SMILES string of the molecule is CCCNC(=O)CNC(=O)c1[nH]c(CC)c(C(=O)OC)c1C. The Morgan fingerprint density at radius 1 is 1.18 bits per heavy atom. The van der Waals surface area contributed by atoms with Crippen LogP contribution in [0.25, 0.3) is 0 Å². The Bertz CT molecular complexity index is 563. The van der Waals surface area contributed by atoms with Gasteiger partial charge in [-0.3, -0.25) is 9.59 Å². The Morgan fingerprint density at radius 3 is 2.41 bits per heavy atom. The number of aromatic nitrogens is 1. The van der Waals surface area contributed by atoms with Crippen molar-refractivity contribution in [1.82, 2.24) is 15.6 Å². The van der Waals surface area contributed by atoms with Gasteiger partial charge in [0.25, 0.3) is 5.91 Å². The van der Waals surface area contributed by atoms with Crippen molar-refractivity contribution in [1.29, 1.82) is 0 Å². The Labute approximate surface area is 129 Å². The first-order valence-corrected chi connectivity index (χ1v) is 7.30. The molecule has 1 aromatic heterocycles. The van der Waals surface area contributed by atoms with Crippen LogP contribution in [0.3, 0.4) is 0 Å². The molecule has 1 heterocycles. The fraction of sp³-hybridized carbons (Fsp3) is 0.533. The van der Waals surface area contributed by atoms with Crippen LogP contribution in [0.4, 0.5) is 0 Å². The van der Waals surface area contributed by atoms with Gasteiger partial charge in [-0.25, -0.2) is 4.79 Å². The van der Waals surface area contributed by atoms with Crippen LogP contribution in [-0.4, -0.2) is 43.0 Å². The molecule has 7 heteroatoms. The van der Waals surface area contributed by atoms with Gasteiger partial charge in [0.05, 0.1) is 19.2 Å². The van der Waals surface area contributed by atoms with Gasteiger partial charge in [0.2, 0.25) is 5.91 Å². The lowest BCUT2D eigenvalue weighted by atomic mass is 10.1. The Morgan fingerprint density at radius 2 is 1.86 bits per heavy atom. The molecule has 0 bridgehead atoms. The van der Waals surface area contributed by atoms with Crippen LogP contribution in [0.1, 0.15) is 52.4 Å². The second-order valence-corrected chi connectivity index (χ2v) is 4.86. The number of aryl methyl sites for hydroxylation is 1. The molecule has 0 saturated carbocycles. The third kappa shape index (κ3) is 4.09. The molecule has 0 aliphatic heterocycles. The van der Waals surface area contributed by atoms with Crippen LogP contribution < -0.4 is 10.6 Å².